The van der Waals surface area contributed by atoms with Gasteiger partial charge in [-0.05, 0) is 36.4 Å². The summed E-state index contributed by atoms with van der Waals surface area (Å²) in [6.07, 6.45) is 0. The zero-order chi connectivity index (χ0) is 15.9. The summed E-state index contributed by atoms with van der Waals surface area (Å²) >= 11 is 0. The first kappa shape index (κ1) is 15.3. The molecular weight excluding hydrogens is 280 g/mol. The highest BCUT2D eigenvalue weighted by Gasteiger charge is 2.27. The summed E-state index contributed by atoms with van der Waals surface area (Å²) < 4.78 is 5.01. The van der Waals surface area contributed by atoms with Crippen LogP contribution in [-0.4, -0.2) is 18.8 Å². The van der Waals surface area contributed by atoms with E-state index < -0.39 is 17.6 Å². The number of methoxy groups -OCH3 is 1. The Morgan fingerprint density at radius 3 is 2.27 bits per heavy atom. The third-order valence-electron chi connectivity index (χ3n) is 3.07. The maximum absolute atomic E-state index is 12.3. The predicted octanol–water partition coefficient (Wildman–Crippen LogP) is 2.66. The fourth-order valence-electron chi connectivity index (χ4n) is 1.89. The highest BCUT2D eigenvalue weighted by Crippen LogP contribution is 2.16. The Morgan fingerprint density at radius 1 is 1.09 bits per heavy atom. The SMILES string of the molecule is COc1ccc(C(=O)[C@H](C#N)C(=O)Nc2ccccc2)cc1. The number of rotatable bonds is 5. The Bertz CT molecular complexity index is 703. The van der Waals surface area contributed by atoms with E-state index in [0.717, 1.165) is 0 Å². The molecule has 1 atom stereocenters. The van der Waals surface area contributed by atoms with Crippen molar-refractivity contribution in [3.8, 4) is 11.8 Å². The molecule has 5 heteroatoms. The first-order valence-corrected chi connectivity index (χ1v) is 6.59. The van der Waals surface area contributed by atoms with Crippen molar-refractivity contribution in [3.63, 3.8) is 0 Å². The average molecular weight is 294 g/mol. The van der Waals surface area contributed by atoms with Crippen LogP contribution >= 0.6 is 0 Å². The quantitative estimate of drug-likeness (QED) is 0.679. The number of nitrogens with one attached hydrogen (secondary N) is 1. The molecule has 0 aromatic heterocycles. The van der Waals surface area contributed by atoms with Gasteiger partial charge in [0.2, 0.25) is 5.91 Å². The van der Waals surface area contributed by atoms with Gasteiger partial charge in [-0.1, -0.05) is 18.2 Å². The van der Waals surface area contributed by atoms with Gasteiger partial charge in [0, 0.05) is 11.3 Å². The van der Waals surface area contributed by atoms with Gasteiger partial charge >= 0.3 is 0 Å². The summed E-state index contributed by atoms with van der Waals surface area (Å²) in [5.41, 5.74) is 0.825. The zero-order valence-electron chi connectivity index (χ0n) is 11.9. The number of nitrogens with zero attached hydrogens (tertiary/aromatic N) is 1. The molecule has 1 N–H and O–H groups in total. The number of para-hydroxylation sites is 1. The lowest BCUT2D eigenvalue weighted by Gasteiger charge is -2.10. The summed E-state index contributed by atoms with van der Waals surface area (Å²) in [5.74, 6) is -1.99. The molecule has 2 aromatic carbocycles. The monoisotopic (exact) mass is 294 g/mol. The lowest BCUT2D eigenvalue weighted by atomic mass is 9.98. The molecule has 0 saturated carbocycles. The van der Waals surface area contributed by atoms with Gasteiger partial charge in [-0.3, -0.25) is 9.59 Å². The second-order valence-corrected chi connectivity index (χ2v) is 4.51. The van der Waals surface area contributed by atoms with Crippen LogP contribution in [0.3, 0.4) is 0 Å². The number of hydrogen-bond acceptors (Lipinski definition) is 4. The van der Waals surface area contributed by atoms with Crippen molar-refractivity contribution in [2.75, 3.05) is 12.4 Å². The van der Waals surface area contributed by atoms with Crippen LogP contribution in [0.15, 0.2) is 54.6 Å². The van der Waals surface area contributed by atoms with Crippen molar-refractivity contribution < 1.29 is 14.3 Å². The smallest absolute Gasteiger partial charge is 0.249 e. The van der Waals surface area contributed by atoms with Gasteiger partial charge in [-0.25, -0.2) is 0 Å². The number of ether oxygens (including phenoxy) is 1. The van der Waals surface area contributed by atoms with E-state index >= 15 is 0 Å². The minimum Gasteiger partial charge on any atom is -0.497 e. The number of anilines is 1. The summed E-state index contributed by atoms with van der Waals surface area (Å²) in [5, 5.41) is 11.7. The van der Waals surface area contributed by atoms with E-state index in [9.17, 15) is 9.59 Å². The topological polar surface area (TPSA) is 79.2 Å². The van der Waals surface area contributed by atoms with Gasteiger partial charge in [0.25, 0.3) is 0 Å². The molecule has 1 amide bonds. The number of hydrogen-bond donors (Lipinski definition) is 1. The van der Waals surface area contributed by atoms with Crippen molar-refractivity contribution in [3.05, 3.63) is 60.2 Å². The van der Waals surface area contributed by atoms with Crippen LogP contribution in [0, 0.1) is 17.2 Å². The van der Waals surface area contributed by atoms with E-state index in [1.54, 1.807) is 48.5 Å². The molecular formula is C17H14N2O3. The normalized spacial score (nSPS) is 11.1. The maximum Gasteiger partial charge on any atom is 0.249 e. The van der Waals surface area contributed by atoms with Crippen LogP contribution in [0.2, 0.25) is 0 Å². The minimum atomic E-state index is -1.39. The van der Waals surface area contributed by atoms with Gasteiger partial charge in [0.05, 0.1) is 13.2 Å². The summed E-state index contributed by atoms with van der Waals surface area (Å²) in [7, 11) is 1.52. The molecule has 2 aromatic rings. The van der Waals surface area contributed by atoms with E-state index in [1.807, 2.05) is 0 Å². The lowest BCUT2D eigenvalue weighted by molar-refractivity contribution is -0.117. The number of ketones is 1. The largest absolute Gasteiger partial charge is 0.497 e. The molecule has 0 fully saturated rings. The molecule has 0 bridgehead atoms. The number of carbonyl (C=O) groups excluding carboxylic acids is 2. The average Bonchev–Trinajstić information content (AvgIpc) is 2.56. The number of nitriles is 1. The van der Waals surface area contributed by atoms with Gasteiger partial charge in [-0.15, -0.1) is 0 Å². The van der Waals surface area contributed by atoms with Crippen molar-refractivity contribution in [1.82, 2.24) is 0 Å². The fourth-order valence-corrected chi connectivity index (χ4v) is 1.89. The highest BCUT2D eigenvalue weighted by atomic mass is 16.5. The minimum absolute atomic E-state index is 0.288. The Kier molecular flexibility index (Phi) is 4.89. The van der Waals surface area contributed by atoms with Crippen molar-refractivity contribution in [2.24, 2.45) is 5.92 Å². The van der Waals surface area contributed by atoms with Gasteiger partial charge in [0.1, 0.15) is 5.75 Å². The Morgan fingerprint density at radius 2 is 1.73 bits per heavy atom. The Balaban J connectivity index is 2.14. The molecule has 0 saturated heterocycles. The van der Waals surface area contributed by atoms with Crippen LogP contribution in [-0.2, 0) is 4.79 Å². The van der Waals surface area contributed by atoms with Crippen LogP contribution in [0.4, 0.5) is 5.69 Å². The lowest BCUT2D eigenvalue weighted by Crippen LogP contribution is -2.28. The van der Waals surface area contributed by atoms with Crippen molar-refractivity contribution >= 4 is 17.4 Å². The first-order chi connectivity index (χ1) is 10.7. The fraction of sp³-hybridized carbons (Fsp3) is 0.118. The van der Waals surface area contributed by atoms with E-state index in [1.165, 1.54) is 19.2 Å². The molecule has 2 rings (SSSR count). The van der Waals surface area contributed by atoms with E-state index in [4.69, 9.17) is 10.00 Å². The summed E-state index contributed by atoms with van der Waals surface area (Å²) in [6.45, 7) is 0. The first-order valence-electron chi connectivity index (χ1n) is 6.59. The molecule has 0 aliphatic heterocycles. The molecule has 0 aliphatic carbocycles. The molecule has 0 heterocycles. The van der Waals surface area contributed by atoms with Gasteiger partial charge in [0.15, 0.2) is 11.7 Å². The third kappa shape index (κ3) is 3.49. The molecule has 5 nitrogen and oxygen atoms in total. The van der Waals surface area contributed by atoms with Crippen molar-refractivity contribution in [2.45, 2.75) is 0 Å². The molecule has 0 aliphatic rings. The van der Waals surface area contributed by atoms with Gasteiger partial charge in [-0.2, -0.15) is 5.26 Å². The Hall–Kier alpha value is -3.13. The van der Waals surface area contributed by atoms with Crippen LogP contribution in [0.25, 0.3) is 0 Å². The molecule has 0 radical (unpaired) electrons. The Labute approximate surface area is 128 Å². The summed E-state index contributed by atoms with van der Waals surface area (Å²) in [4.78, 5) is 24.4. The zero-order valence-corrected chi connectivity index (χ0v) is 11.9. The van der Waals surface area contributed by atoms with Crippen LogP contribution in [0.1, 0.15) is 10.4 Å². The van der Waals surface area contributed by atoms with E-state index in [0.29, 0.717) is 11.4 Å². The second-order valence-electron chi connectivity index (χ2n) is 4.51. The molecule has 22 heavy (non-hydrogen) atoms. The van der Waals surface area contributed by atoms with Crippen molar-refractivity contribution in [1.29, 1.82) is 5.26 Å². The van der Waals surface area contributed by atoms with Gasteiger partial charge < -0.3 is 10.1 Å². The molecule has 0 unspecified atom stereocenters. The van der Waals surface area contributed by atoms with Crippen LogP contribution in [0.5, 0.6) is 5.75 Å². The number of carbonyl (C=O) groups is 2. The number of benzene rings is 2. The third-order valence-corrected chi connectivity index (χ3v) is 3.07. The number of amides is 1. The molecule has 0 spiro atoms. The standard InChI is InChI=1S/C17H14N2O3/c1-22-14-9-7-12(8-10-14)16(20)15(11-18)17(21)19-13-5-3-2-4-6-13/h2-10,15H,1H3,(H,19,21)/t15-/m0/s1. The number of Topliss-reactive ketones (excluding diaryl/α,β-unsaturated/α-hetero) is 1. The molecule has 110 valence electrons. The van der Waals surface area contributed by atoms with E-state index in [-0.39, 0.29) is 5.56 Å². The van der Waals surface area contributed by atoms with Crippen LogP contribution < -0.4 is 10.1 Å². The second kappa shape index (κ2) is 7.04. The predicted molar refractivity (Wildman–Crippen MR) is 81.5 cm³/mol. The summed E-state index contributed by atoms with van der Waals surface area (Å²) in [6, 6.07) is 16.7. The van der Waals surface area contributed by atoms with E-state index in [2.05, 4.69) is 5.32 Å². The highest BCUT2D eigenvalue weighted by molar-refractivity contribution is 6.15. The maximum atomic E-state index is 12.3.